The number of hydrogen-bond acceptors (Lipinski definition) is 2. The molecule has 0 N–H and O–H groups in total. The van der Waals surface area contributed by atoms with Crippen LogP contribution in [0.25, 0.3) is 0 Å². The quantitative estimate of drug-likeness (QED) is 0.786. The zero-order chi connectivity index (χ0) is 11.4. The lowest BCUT2D eigenvalue weighted by Gasteiger charge is -2.01. The largest absolute Gasteiger partial charge is 0.299 e. The Balaban J connectivity index is 1.97. The minimum absolute atomic E-state index is 0.281. The summed E-state index contributed by atoms with van der Waals surface area (Å²) in [6.07, 6.45) is 1.09. The first-order chi connectivity index (χ1) is 7.74. The number of carbonyl (C=O) groups is 1. The van der Waals surface area contributed by atoms with Gasteiger partial charge >= 0.3 is 0 Å². The molecule has 16 heavy (non-hydrogen) atoms. The molecule has 1 nitrogen and oxygen atoms in total. The summed E-state index contributed by atoms with van der Waals surface area (Å²) in [6.45, 7) is 2.05. The van der Waals surface area contributed by atoms with E-state index in [4.69, 9.17) is 0 Å². The minimum Gasteiger partial charge on any atom is -0.299 e. The van der Waals surface area contributed by atoms with Crippen molar-refractivity contribution in [3.8, 4) is 0 Å². The van der Waals surface area contributed by atoms with E-state index in [2.05, 4.69) is 6.07 Å². The molecule has 1 heterocycles. The van der Waals surface area contributed by atoms with Crippen molar-refractivity contribution in [3.05, 3.63) is 57.8 Å². The molecule has 0 aliphatic rings. The van der Waals surface area contributed by atoms with Crippen LogP contribution in [0, 0.1) is 6.92 Å². The number of hydrogen-bond donors (Lipinski definition) is 0. The lowest BCUT2D eigenvalue weighted by molar-refractivity contribution is -0.117. The number of Topliss-reactive ketones (excluding diaryl/α,β-unsaturated/α-hetero) is 1. The van der Waals surface area contributed by atoms with E-state index in [9.17, 15) is 4.79 Å². The third-order valence-electron chi connectivity index (χ3n) is 2.47. The Bertz CT molecular complexity index is 471. The molecular weight excluding hydrogens is 216 g/mol. The molecule has 0 atom stereocenters. The molecule has 2 rings (SSSR count). The molecule has 2 heteroatoms. The van der Waals surface area contributed by atoms with E-state index in [0.717, 1.165) is 11.1 Å². The van der Waals surface area contributed by atoms with E-state index in [1.54, 1.807) is 11.3 Å². The molecule has 0 spiro atoms. The van der Waals surface area contributed by atoms with Crippen molar-refractivity contribution in [3.63, 3.8) is 0 Å². The van der Waals surface area contributed by atoms with Gasteiger partial charge in [-0.05, 0) is 34.9 Å². The summed E-state index contributed by atoms with van der Waals surface area (Å²) < 4.78 is 0. The Labute approximate surface area is 99.8 Å². The van der Waals surface area contributed by atoms with Crippen molar-refractivity contribution in [1.82, 2.24) is 0 Å². The molecule has 0 saturated carbocycles. The second-order valence-corrected chi connectivity index (χ2v) is 4.79. The summed E-state index contributed by atoms with van der Waals surface area (Å²) in [5.74, 6) is 0.281. The highest BCUT2D eigenvalue weighted by molar-refractivity contribution is 7.07. The van der Waals surface area contributed by atoms with E-state index in [1.807, 2.05) is 41.9 Å². The van der Waals surface area contributed by atoms with Crippen LogP contribution in [-0.2, 0) is 17.6 Å². The van der Waals surface area contributed by atoms with Gasteiger partial charge in [0, 0.05) is 12.8 Å². The molecule has 0 amide bonds. The van der Waals surface area contributed by atoms with Crippen molar-refractivity contribution in [2.45, 2.75) is 19.8 Å². The van der Waals surface area contributed by atoms with Gasteiger partial charge in [-0.1, -0.05) is 29.8 Å². The van der Waals surface area contributed by atoms with Crippen LogP contribution in [0.1, 0.15) is 16.7 Å². The highest BCUT2D eigenvalue weighted by Gasteiger charge is 2.05. The van der Waals surface area contributed by atoms with E-state index < -0.39 is 0 Å². The predicted molar refractivity (Wildman–Crippen MR) is 67.9 cm³/mol. The van der Waals surface area contributed by atoms with E-state index in [-0.39, 0.29) is 5.78 Å². The maximum atomic E-state index is 11.8. The number of thiophene rings is 1. The van der Waals surface area contributed by atoms with Crippen LogP contribution in [0.2, 0.25) is 0 Å². The summed E-state index contributed by atoms with van der Waals surface area (Å²) in [5, 5.41) is 4.05. The first-order valence-corrected chi connectivity index (χ1v) is 6.26. The summed E-state index contributed by atoms with van der Waals surface area (Å²) in [6, 6.07) is 10.2. The molecular formula is C14H14OS. The lowest BCUT2D eigenvalue weighted by atomic mass is 10.0. The Hall–Kier alpha value is -1.41. The van der Waals surface area contributed by atoms with Crippen molar-refractivity contribution in [2.75, 3.05) is 0 Å². The summed E-state index contributed by atoms with van der Waals surface area (Å²) in [5.41, 5.74) is 3.45. The molecule has 1 aromatic carbocycles. The van der Waals surface area contributed by atoms with Crippen LogP contribution in [-0.4, -0.2) is 5.78 Å². The van der Waals surface area contributed by atoms with E-state index >= 15 is 0 Å². The van der Waals surface area contributed by atoms with Gasteiger partial charge in [0.2, 0.25) is 0 Å². The summed E-state index contributed by atoms with van der Waals surface area (Å²) >= 11 is 1.64. The molecule has 82 valence electrons. The Morgan fingerprint density at radius 1 is 1.19 bits per heavy atom. The number of ketones is 1. The first-order valence-electron chi connectivity index (χ1n) is 5.32. The molecule has 1 aromatic heterocycles. The topological polar surface area (TPSA) is 17.1 Å². The van der Waals surface area contributed by atoms with E-state index in [0.29, 0.717) is 12.8 Å². The second kappa shape index (κ2) is 5.08. The van der Waals surface area contributed by atoms with Crippen LogP contribution >= 0.6 is 11.3 Å². The smallest absolute Gasteiger partial charge is 0.141 e. The highest BCUT2D eigenvalue weighted by Crippen LogP contribution is 2.10. The Morgan fingerprint density at radius 3 is 2.69 bits per heavy atom. The van der Waals surface area contributed by atoms with Crippen LogP contribution < -0.4 is 0 Å². The second-order valence-electron chi connectivity index (χ2n) is 4.01. The van der Waals surface area contributed by atoms with Crippen molar-refractivity contribution < 1.29 is 4.79 Å². The molecule has 0 fully saturated rings. The van der Waals surface area contributed by atoms with Gasteiger partial charge < -0.3 is 0 Å². The fourth-order valence-electron chi connectivity index (χ4n) is 1.73. The van der Waals surface area contributed by atoms with Crippen molar-refractivity contribution >= 4 is 17.1 Å². The van der Waals surface area contributed by atoms with Gasteiger partial charge in [-0.15, -0.1) is 0 Å². The fraction of sp³-hybridized carbons (Fsp3) is 0.214. The molecule has 0 saturated heterocycles. The molecule has 0 radical (unpaired) electrons. The van der Waals surface area contributed by atoms with Gasteiger partial charge in [-0.25, -0.2) is 0 Å². The number of aryl methyl sites for hydroxylation is 1. The van der Waals surface area contributed by atoms with Crippen LogP contribution in [0.3, 0.4) is 0 Å². The van der Waals surface area contributed by atoms with Gasteiger partial charge in [-0.2, -0.15) is 11.3 Å². The maximum absolute atomic E-state index is 11.8. The standard InChI is InChI=1S/C14H14OS/c1-11-3-2-4-12(7-11)8-14(15)9-13-5-6-16-10-13/h2-7,10H,8-9H2,1H3. The Morgan fingerprint density at radius 2 is 2.00 bits per heavy atom. The first kappa shape index (κ1) is 11.1. The predicted octanol–water partition coefficient (Wildman–Crippen LogP) is 3.41. The average molecular weight is 230 g/mol. The van der Waals surface area contributed by atoms with Gasteiger partial charge in [0.15, 0.2) is 0 Å². The third-order valence-corrected chi connectivity index (χ3v) is 3.20. The molecule has 0 aliphatic carbocycles. The molecule has 0 aliphatic heterocycles. The van der Waals surface area contributed by atoms with Crippen molar-refractivity contribution in [2.24, 2.45) is 0 Å². The molecule has 0 unspecified atom stereocenters. The van der Waals surface area contributed by atoms with Crippen LogP contribution in [0.4, 0.5) is 0 Å². The average Bonchev–Trinajstić information content (AvgIpc) is 2.70. The van der Waals surface area contributed by atoms with Gasteiger partial charge in [0.1, 0.15) is 5.78 Å². The van der Waals surface area contributed by atoms with Gasteiger partial charge in [0.05, 0.1) is 0 Å². The van der Waals surface area contributed by atoms with Gasteiger partial charge in [0.25, 0.3) is 0 Å². The molecule has 0 bridgehead atoms. The SMILES string of the molecule is Cc1cccc(CC(=O)Cc2ccsc2)c1. The number of rotatable bonds is 4. The normalized spacial score (nSPS) is 10.3. The lowest BCUT2D eigenvalue weighted by Crippen LogP contribution is -2.05. The minimum atomic E-state index is 0.281. The highest BCUT2D eigenvalue weighted by atomic mass is 32.1. The van der Waals surface area contributed by atoms with Crippen LogP contribution in [0.15, 0.2) is 41.1 Å². The monoisotopic (exact) mass is 230 g/mol. The zero-order valence-corrected chi connectivity index (χ0v) is 10.1. The Kier molecular flexibility index (Phi) is 3.52. The molecule has 2 aromatic rings. The van der Waals surface area contributed by atoms with Crippen LogP contribution in [0.5, 0.6) is 0 Å². The third kappa shape index (κ3) is 3.04. The van der Waals surface area contributed by atoms with Crippen molar-refractivity contribution in [1.29, 1.82) is 0 Å². The zero-order valence-electron chi connectivity index (χ0n) is 9.27. The summed E-state index contributed by atoms with van der Waals surface area (Å²) in [4.78, 5) is 11.8. The maximum Gasteiger partial charge on any atom is 0.141 e. The van der Waals surface area contributed by atoms with E-state index in [1.165, 1.54) is 5.56 Å². The number of carbonyl (C=O) groups excluding carboxylic acids is 1. The fourth-order valence-corrected chi connectivity index (χ4v) is 2.40. The number of benzene rings is 1. The van der Waals surface area contributed by atoms with Gasteiger partial charge in [-0.3, -0.25) is 4.79 Å². The summed E-state index contributed by atoms with van der Waals surface area (Å²) in [7, 11) is 0.